The van der Waals surface area contributed by atoms with Gasteiger partial charge >= 0.3 is 11.9 Å². The van der Waals surface area contributed by atoms with Crippen molar-refractivity contribution < 1.29 is 18.0 Å². The molecule has 4 N–H and O–H groups in total. The lowest BCUT2D eigenvalue weighted by atomic mass is 10.3. The summed E-state index contributed by atoms with van der Waals surface area (Å²) in [6.45, 7) is 0. The second-order valence-electron chi connectivity index (χ2n) is 6.11. The molecule has 0 saturated heterocycles. The molecular weight excluding hydrogens is 418 g/mol. The van der Waals surface area contributed by atoms with E-state index in [-0.39, 0.29) is 4.90 Å². The number of carbonyl (C=O) groups is 2. The first kappa shape index (κ1) is 21.5. The number of urea groups is 1. The zero-order chi connectivity index (χ0) is 22.1. The van der Waals surface area contributed by atoms with Crippen LogP contribution in [0.5, 0.6) is 0 Å². The van der Waals surface area contributed by atoms with Crippen molar-refractivity contribution in [3.8, 4) is 0 Å². The van der Waals surface area contributed by atoms with Gasteiger partial charge in [0.25, 0.3) is 0 Å². The van der Waals surface area contributed by atoms with E-state index in [1.165, 1.54) is 24.3 Å². The Labute approximate surface area is 179 Å². The first-order chi connectivity index (χ1) is 15.0. The summed E-state index contributed by atoms with van der Waals surface area (Å²) in [6.07, 6.45) is 0. The number of hydrogen-bond donors (Lipinski definition) is 4. The van der Waals surface area contributed by atoms with Gasteiger partial charge in [-0.25, -0.2) is 18.6 Å². The highest BCUT2D eigenvalue weighted by molar-refractivity contribution is 8.08. The third-order valence-electron chi connectivity index (χ3n) is 3.88. The Morgan fingerprint density at radius 3 is 1.77 bits per heavy atom. The summed E-state index contributed by atoms with van der Waals surface area (Å²) in [4.78, 5) is 24.5. The Morgan fingerprint density at radius 2 is 1.19 bits per heavy atom. The zero-order valence-electron chi connectivity index (χ0n) is 16.1. The van der Waals surface area contributed by atoms with Crippen molar-refractivity contribution in [1.29, 1.82) is 0 Å². The van der Waals surface area contributed by atoms with Crippen LogP contribution in [0.25, 0.3) is 0 Å². The number of benzene rings is 3. The molecule has 3 aromatic carbocycles. The summed E-state index contributed by atoms with van der Waals surface area (Å²) in [5.74, 6) is -1.12. The van der Waals surface area contributed by atoms with Crippen LogP contribution in [0.4, 0.5) is 16.2 Å². The molecule has 0 aliphatic heterocycles. The summed E-state index contributed by atoms with van der Waals surface area (Å²) in [7, 11) is -4.27. The minimum absolute atomic E-state index is 0.118. The molecule has 0 unspecified atom stereocenters. The fourth-order valence-electron chi connectivity index (χ4n) is 2.42. The lowest BCUT2D eigenvalue weighted by Gasteiger charge is -2.11. The molecule has 9 nitrogen and oxygen atoms in total. The first-order valence-electron chi connectivity index (χ1n) is 9.08. The Kier molecular flexibility index (Phi) is 6.97. The third-order valence-corrected chi connectivity index (χ3v) is 5.56. The predicted octanol–water partition coefficient (Wildman–Crippen LogP) is 2.74. The van der Waals surface area contributed by atoms with Crippen molar-refractivity contribution in [3.63, 3.8) is 0 Å². The third kappa shape index (κ3) is 5.90. The Hall–Kier alpha value is -4.18. The van der Waals surface area contributed by atoms with Gasteiger partial charge in [-0.2, -0.15) is 5.10 Å². The van der Waals surface area contributed by atoms with E-state index in [4.69, 9.17) is 0 Å². The number of hydrazine groups is 1. The Bertz CT molecular complexity index is 1170. The maximum absolute atomic E-state index is 13.0. The molecule has 31 heavy (non-hydrogen) atoms. The number of hydrazone groups is 1. The molecule has 0 atom stereocenters. The molecule has 10 heteroatoms. The van der Waals surface area contributed by atoms with Crippen LogP contribution >= 0.6 is 0 Å². The van der Waals surface area contributed by atoms with E-state index >= 15 is 0 Å². The van der Waals surface area contributed by atoms with Gasteiger partial charge < -0.3 is 5.32 Å². The highest BCUT2D eigenvalue weighted by Crippen LogP contribution is 2.13. The zero-order valence-corrected chi connectivity index (χ0v) is 17.0. The van der Waals surface area contributed by atoms with E-state index in [1.54, 1.807) is 66.7 Å². The number of amides is 3. The standard InChI is InChI=1S/C21H19N5O4S/c27-19(24-26-21(28)22-16-10-4-1-5-11-16)20(25-23-17-12-6-2-7-13-17)31(29,30)18-14-8-3-9-15-18/h1-15,23H,(H,24,27)(H2,22,26,28)/b25-20-. The smallest absolute Gasteiger partial charge is 0.307 e. The van der Waals surface area contributed by atoms with Crippen LogP contribution in [0.2, 0.25) is 0 Å². The van der Waals surface area contributed by atoms with E-state index in [0.717, 1.165) is 0 Å². The quantitative estimate of drug-likeness (QED) is 0.283. The van der Waals surface area contributed by atoms with E-state index in [1.807, 2.05) is 0 Å². The van der Waals surface area contributed by atoms with E-state index in [9.17, 15) is 18.0 Å². The van der Waals surface area contributed by atoms with Crippen molar-refractivity contribution in [2.24, 2.45) is 5.10 Å². The molecule has 0 aliphatic carbocycles. The SMILES string of the molecule is O=C(NNC(=O)/C(=N/Nc1ccccc1)S(=O)(=O)c1ccccc1)Nc1ccccc1. The number of hydrogen-bond acceptors (Lipinski definition) is 6. The fraction of sp³-hybridized carbons (Fsp3) is 0. The minimum Gasteiger partial charge on any atom is -0.307 e. The highest BCUT2D eigenvalue weighted by atomic mass is 32.2. The molecule has 3 aromatic rings. The number of rotatable bonds is 4. The minimum atomic E-state index is -4.27. The molecule has 3 amide bonds. The van der Waals surface area contributed by atoms with Crippen LogP contribution in [0.3, 0.4) is 0 Å². The van der Waals surface area contributed by atoms with Crippen molar-refractivity contribution >= 4 is 38.2 Å². The van der Waals surface area contributed by atoms with Gasteiger partial charge in [0, 0.05) is 5.69 Å². The fourth-order valence-corrected chi connectivity index (χ4v) is 3.62. The molecule has 0 aliphatic rings. The van der Waals surface area contributed by atoms with Crippen LogP contribution < -0.4 is 21.6 Å². The average Bonchev–Trinajstić information content (AvgIpc) is 2.79. The number of anilines is 2. The van der Waals surface area contributed by atoms with Gasteiger partial charge in [0.2, 0.25) is 14.9 Å². The number of nitrogens with one attached hydrogen (secondary N) is 4. The number of sulfone groups is 1. The van der Waals surface area contributed by atoms with Gasteiger partial charge in [-0.05, 0) is 36.4 Å². The van der Waals surface area contributed by atoms with Gasteiger partial charge in [0.1, 0.15) is 0 Å². The van der Waals surface area contributed by atoms with Crippen LogP contribution in [0.15, 0.2) is 101 Å². The lowest BCUT2D eigenvalue weighted by Crippen LogP contribution is -2.48. The number of para-hydroxylation sites is 2. The van der Waals surface area contributed by atoms with Gasteiger partial charge in [-0.3, -0.25) is 15.6 Å². The molecule has 0 aromatic heterocycles. The van der Waals surface area contributed by atoms with Crippen LogP contribution in [0.1, 0.15) is 0 Å². The van der Waals surface area contributed by atoms with E-state index < -0.39 is 26.8 Å². The van der Waals surface area contributed by atoms with Gasteiger partial charge in [-0.1, -0.05) is 54.6 Å². The summed E-state index contributed by atoms with van der Waals surface area (Å²) in [5.41, 5.74) is 7.69. The van der Waals surface area contributed by atoms with Crippen LogP contribution in [-0.2, 0) is 14.6 Å². The number of nitrogens with zero attached hydrogens (tertiary/aromatic N) is 1. The first-order valence-corrected chi connectivity index (χ1v) is 10.6. The van der Waals surface area contributed by atoms with Gasteiger partial charge in [-0.15, -0.1) is 0 Å². The Morgan fingerprint density at radius 1 is 0.677 bits per heavy atom. The number of carbonyl (C=O) groups excluding carboxylic acids is 2. The van der Waals surface area contributed by atoms with Gasteiger partial charge in [0.15, 0.2) is 0 Å². The topological polar surface area (TPSA) is 129 Å². The van der Waals surface area contributed by atoms with Crippen LogP contribution in [-0.4, -0.2) is 25.4 Å². The maximum Gasteiger partial charge on any atom is 0.337 e. The lowest BCUT2D eigenvalue weighted by molar-refractivity contribution is -0.115. The predicted molar refractivity (Wildman–Crippen MR) is 118 cm³/mol. The maximum atomic E-state index is 13.0. The second-order valence-corrected chi connectivity index (χ2v) is 7.98. The summed E-state index contributed by atoms with van der Waals surface area (Å²) in [6, 6.07) is 23.7. The Balaban J connectivity index is 1.78. The van der Waals surface area contributed by atoms with Crippen molar-refractivity contribution in [3.05, 3.63) is 91.0 Å². The molecule has 0 heterocycles. The monoisotopic (exact) mass is 437 g/mol. The van der Waals surface area contributed by atoms with E-state index in [0.29, 0.717) is 11.4 Å². The molecular formula is C21H19N5O4S. The van der Waals surface area contributed by atoms with Crippen molar-refractivity contribution in [2.75, 3.05) is 10.7 Å². The summed E-state index contributed by atoms with van der Waals surface area (Å²) >= 11 is 0. The summed E-state index contributed by atoms with van der Waals surface area (Å²) in [5, 5.41) is 5.48. The van der Waals surface area contributed by atoms with Gasteiger partial charge in [0.05, 0.1) is 10.6 Å². The van der Waals surface area contributed by atoms with Crippen LogP contribution in [0, 0.1) is 0 Å². The van der Waals surface area contributed by atoms with Crippen molar-refractivity contribution in [2.45, 2.75) is 4.90 Å². The normalized spacial score (nSPS) is 11.3. The molecule has 0 bridgehead atoms. The molecule has 0 fully saturated rings. The second kappa shape index (κ2) is 10.0. The average molecular weight is 437 g/mol. The molecule has 0 radical (unpaired) electrons. The highest BCUT2D eigenvalue weighted by Gasteiger charge is 2.30. The largest absolute Gasteiger partial charge is 0.337 e. The molecule has 0 spiro atoms. The summed E-state index contributed by atoms with van der Waals surface area (Å²) < 4.78 is 25.9. The molecule has 0 saturated carbocycles. The molecule has 158 valence electrons. The van der Waals surface area contributed by atoms with Crippen molar-refractivity contribution in [1.82, 2.24) is 10.9 Å². The molecule has 3 rings (SSSR count). The van der Waals surface area contributed by atoms with E-state index in [2.05, 4.69) is 26.7 Å².